The van der Waals surface area contributed by atoms with Crippen molar-refractivity contribution in [3.63, 3.8) is 0 Å². The van der Waals surface area contributed by atoms with Crippen LogP contribution in [0.25, 0.3) is 0 Å². The van der Waals surface area contributed by atoms with Gasteiger partial charge in [-0.25, -0.2) is 0 Å². The first-order chi connectivity index (χ1) is 13.0. The van der Waals surface area contributed by atoms with Crippen LogP contribution in [-0.2, 0) is 9.53 Å². The zero-order chi connectivity index (χ0) is 19.6. The fourth-order valence-corrected chi connectivity index (χ4v) is 2.32. The van der Waals surface area contributed by atoms with Gasteiger partial charge in [0.1, 0.15) is 12.8 Å². The Morgan fingerprint density at radius 3 is 2.85 bits per heavy atom. The molecule has 2 aromatic rings. The number of carbonyl (C=O) groups excluding carboxylic acids is 2. The third-order valence-electron chi connectivity index (χ3n) is 3.55. The number of non-ortho nitro benzene ring substituents is 1. The van der Waals surface area contributed by atoms with Crippen LogP contribution in [0.4, 0.5) is 11.5 Å². The quantitative estimate of drug-likeness (QED) is 0.382. The summed E-state index contributed by atoms with van der Waals surface area (Å²) < 4.78 is 9.90. The van der Waals surface area contributed by atoms with Crippen molar-refractivity contribution in [1.29, 1.82) is 0 Å². The van der Waals surface area contributed by atoms with Crippen LogP contribution in [0.3, 0.4) is 0 Å². The molecule has 1 N–H and O–H groups in total. The van der Waals surface area contributed by atoms with Crippen molar-refractivity contribution in [2.75, 3.05) is 31.6 Å². The molecule has 0 unspecified atom stereocenters. The molecule has 2 rings (SSSR count). The Morgan fingerprint density at radius 1 is 1.37 bits per heavy atom. The van der Waals surface area contributed by atoms with Gasteiger partial charge in [-0.1, -0.05) is 11.2 Å². The molecule has 0 aliphatic heterocycles. The maximum atomic E-state index is 12.8. The molecule has 1 aromatic carbocycles. The molecule has 0 aliphatic carbocycles. The molecule has 144 valence electrons. The summed E-state index contributed by atoms with van der Waals surface area (Å²) in [5.74, 6) is -0.707. The van der Waals surface area contributed by atoms with Crippen LogP contribution in [-0.4, -0.2) is 53.1 Å². The van der Waals surface area contributed by atoms with Gasteiger partial charge in [0.25, 0.3) is 11.6 Å². The Kier molecular flexibility index (Phi) is 7.44. The number of amides is 2. The minimum Gasteiger partial charge on any atom is -0.382 e. The van der Waals surface area contributed by atoms with Gasteiger partial charge in [-0.05, 0) is 19.4 Å². The van der Waals surface area contributed by atoms with Crippen molar-refractivity contribution >= 4 is 23.3 Å². The summed E-state index contributed by atoms with van der Waals surface area (Å²) in [6, 6.07) is 6.86. The number of nitrogens with one attached hydrogen (secondary N) is 1. The number of rotatable bonds is 10. The summed E-state index contributed by atoms with van der Waals surface area (Å²) in [7, 11) is 0. The van der Waals surface area contributed by atoms with Crippen molar-refractivity contribution in [2.45, 2.75) is 13.3 Å². The first-order valence-corrected chi connectivity index (χ1v) is 8.33. The van der Waals surface area contributed by atoms with Crippen molar-refractivity contribution < 1.29 is 23.8 Å². The maximum Gasteiger partial charge on any atom is 0.270 e. The molecule has 27 heavy (non-hydrogen) atoms. The first-order valence-electron chi connectivity index (χ1n) is 8.33. The molecule has 0 saturated heterocycles. The van der Waals surface area contributed by atoms with E-state index in [9.17, 15) is 19.7 Å². The predicted molar refractivity (Wildman–Crippen MR) is 95.2 cm³/mol. The fraction of sp³-hybridized carbons (Fsp3) is 0.353. The Balaban J connectivity index is 2.09. The van der Waals surface area contributed by atoms with Crippen molar-refractivity contribution in [3.8, 4) is 0 Å². The van der Waals surface area contributed by atoms with Gasteiger partial charge >= 0.3 is 0 Å². The molecule has 2 amide bonds. The van der Waals surface area contributed by atoms with E-state index in [0.717, 1.165) is 0 Å². The SMILES string of the molecule is CCOCCCN(CC(=O)Nc1ccon1)C(=O)c1cccc([N+](=O)[O-])c1. The van der Waals surface area contributed by atoms with Crippen LogP contribution in [0.2, 0.25) is 0 Å². The number of nitro groups is 1. The van der Waals surface area contributed by atoms with E-state index < -0.39 is 16.7 Å². The average molecular weight is 376 g/mol. The molecular formula is C17H20N4O6. The Morgan fingerprint density at radius 2 is 2.19 bits per heavy atom. The highest BCUT2D eigenvalue weighted by Gasteiger charge is 2.21. The van der Waals surface area contributed by atoms with E-state index in [1.54, 1.807) is 0 Å². The van der Waals surface area contributed by atoms with Gasteiger partial charge in [-0.3, -0.25) is 19.7 Å². The number of hydrogen-bond donors (Lipinski definition) is 1. The largest absolute Gasteiger partial charge is 0.382 e. The summed E-state index contributed by atoms with van der Waals surface area (Å²) >= 11 is 0. The molecule has 10 heteroatoms. The number of hydrogen-bond acceptors (Lipinski definition) is 7. The van der Waals surface area contributed by atoms with E-state index in [0.29, 0.717) is 19.6 Å². The third-order valence-corrected chi connectivity index (χ3v) is 3.55. The lowest BCUT2D eigenvalue weighted by Crippen LogP contribution is -2.39. The van der Waals surface area contributed by atoms with E-state index in [4.69, 9.17) is 4.74 Å². The summed E-state index contributed by atoms with van der Waals surface area (Å²) in [5, 5.41) is 17.0. The van der Waals surface area contributed by atoms with Crippen molar-refractivity contribution in [3.05, 3.63) is 52.3 Å². The van der Waals surface area contributed by atoms with Gasteiger partial charge in [0.05, 0.1) is 4.92 Å². The fourth-order valence-electron chi connectivity index (χ4n) is 2.32. The second kappa shape index (κ2) is 10.0. The maximum absolute atomic E-state index is 12.8. The lowest BCUT2D eigenvalue weighted by atomic mass is 10.1. The molecule has 1 aromatic heterocycles. The molecule has 0 saturated carbocycles. The highest BCUT2D eigenvalue weighted by molar-refractivity contribution is 5.99. The standard InChI is InChI=1S/C17H20N4O6/c1-2-26-9-4-8-20(12-16(22)18-15-7-10-27-19-15)17(23)13-5-3-6-14(11-13)21(24)25/h3,5-7,10-11H,2,4,8-9,12H2,1H3,(H,18,19,22). The molecule has 0 aliphatic rings. The average Bonchev–Trinajstić information content (AvgIpc) is 3.16. The van der Waals surface area contributed by atoms with Crippen LogP contribution in [0.15, 0.2) is 41.1 Å². The number of nitro benzene ring substituents is 1. The first kappa shape index (κ1) is 20.0. The topological polar surface area (TPSA) is 128 Å². The number of ether oxygens (including phenoxy) is 1. The normalized spacial score (nSPS) is 10.4. The van der Waals surface area contributed by atoms with Crippen molar-refractivity contribution in [2.24, 2.45) is 0 Å². The zero-order valence-corrected chi connectivity index (χ0v) is 14.8. The molecule has 1 heterocycles. The molecular weight excluding hydrogens is 356 g/mol. The number of anilines is 1. The van der Waals surface area contributed by atoms with Crippen molar-refractivity contribution in [1.82, 2.24) is 10.1 Å². The van der Waals surface area contributed by atoms with E-state index in [1.807, 2.05) is 6.92 Å². The lowest BCUT2D eigenvalue weighted by molar-refractivity contribution is -0.384. The van der Waals surface area contributed by atoms with Gasteiger partial charge in [-0.15, -0.1) is 0 Å². The summed E-state index contributed by atoms with van der Waals surface area (Å²) in [6.07, 6.45) is 1.83. The van der Waals surface area contributed by atoms with Gasteiger partial charge in [0, 0.05) is 43.5 Å². The van der Waals surface area contributed by atoms with Gasteiger partial charge in [0.2, 0.25) is 5.91 Å². The zero-order valence-electron chi connectivity index (χ0n) is 14.8. The minimum atomic E-state index is -0.576. The van der Waals surface area contributed by atoms with Crippen LogP contribution < -0.4 is 5.32 Å². The van der Waals surface area contributed by atoms with E-state index in [2.05, 4.69) is 15.0 Å². The lowest BCUT2D eigenvalue weighted by Gasteiger charge is -2.22. The second-order valence-electron chi connectivity index (χ2n) is 5.52. The molecule has 0 fully saturated rings. The number of nitrogens with zero attached hydrogens (tertiary/aromatic N) is 3. The Labute approximate surface area is 155 Å². The monoisotopic (exact) mass is 376 g/mol. The third kappa shape index (κ3) is 6.19. The van der Waals surface area contributed by atoms with Crippen LogP contribution >= 0.6 is 0 Å². The Hall–Kier alpha value is -3.27. The molecule has 0 radical (unpaired) electrons. The summed E-state index contributed by atoms with van der Waals surface area (Å²) in [6.45, 7) is 2.86. The molecule has 0 atom stereocenters. The summed E-state index contributed by atoms with van der Waals surface area (Å²) in [5.41, 5.74) is -0.0583. The minimum absolute atomic E-state index is 0.134. The van der Waals surface area contributed by atoms with E-state index in [1.165, 1.54) is 41.5 Å². The van der Waals surface area contributed by atoms with Crippen LogP contribution in [0.1, 0.15) is 23.7 Å². The van der Waals surface area contributed by atoms with Gasteiger partial charge in [0.15, 0.2) is 5.82 Å². The number of carbonyl (C=O) groups is 2. The molecule has 0 bridgehead atoms. The highest BCUT2D eigenvalue weighted by atomic mass is 16.6. The highest BCUT2D eigenvalue weighted by Crippen LogP contribution is 2.15. The smallest absolute Gasteiger partial charge is 0.270 e. The van der Waals surface area contributed by atoms with E-state index in [-0.39, 0.29) is 30.2 Å². The second-order valence-corrected chi connectivity index (χ2v) is 5.52. The molecule has 10 nitrogen and oxygen atoms in total. The molecule has 0 spiro atoms. The van der Waals surface area contributed by atoms with Gasteiger partial charge in [-0.2, -0.15) is 0 Å². The predicted octanol–water partition coefficient (Wildman–Crippen LogP) is 2.09. The summed E-state index contributed by atoms with van der Waals surface area (Å²) in [4.78, 5) is 36.6. The van der Waals surface area contributed by atoms with Crippen LogP contribution in [0, 0.1) is 10.1 Å². The van der Waals surface area contributed by atoms with Crippen LogP contribution in [0.5, 0.6) is 0 Å². The number of benzene rings is 1. The van der Waals surface area contributed by atoms with E-state index >= 15 is 0 Å². The van der Waals surface area contributed by atoms with Gasteiger partial charge < -0.3 is 19.5 Å². The Bertz CT molecular complexity index is 777. The number of aromatic nitrogens is 1.